The number of aliphatic hydroxyl groups is 1. The molecule has 3 heteroatoms. The zero-order valence-corrected chi connectivity index (χ0v) is 10.6. The van der Waals surface area contributed by atoms with Crippen molar-refractivity contribution in [1.82, 2.24) is 4.98 Å². The average molecular weight is 255 g/mol. The summed E-state index contributed by atoms with van der Waals surface area (Å²) in [5.74, 6) is 0. The highest BCUT2D eigenvalue weighted by Gasteiger charge is 2.11. The Balaban J connectivity index is 1.89. The fraction of sp³-hybridized carbons (Fsp3) is 0.133. The number of aromatic nitrogens is 1. The smallest absolute Gasteiger partial charge is 0.0831 e. The predicted molar refractivity (Wildman–Crippen MR) is 74.7 cm³/mol. The lowest BCUT2D eigenvalue weighted by atomic mass is 10.0. The monoisotopic (exact) mass is 255 g/mol. The number of pyridine rings is 1. The molecule has 2 aromatic heterocycles. The summed E-state index contributed by atoms with van der Waals surface area (Å²) in [6.45, 7) is 0. The molecule has 0 bridgehead atoms. The van der Waals surface area contributed by atoms with Gasteiger partial charge in [0.25, 0.3) is 0 Å². The summed E-state index contributed by atoms with van der Waals surface area (Å²) < 4.78 is 1.27. The largest absolute Gasteiger partial charge is 0.388 e. The molecule has 3 rings (SSSR count). The Kier molecular flexibility index (Phi) is 3.09. The van der Waals surface area contributed by atoms with Crippen LogP contribution in [0.5, 0.6) is 0 Å². The molecule has 0 radical (unpaired) electrons. The Morgan fingerprint density at radius 3 is 2.72 bits per heavy atom. The molecule has 18 heavy (non-hydrogen) atoms. The zero-order chi connectivity index (χ0) is 12.4. The molecule has 0 aliphatic heterocycles. The highest BCUT2D eigenvalue weighted by Crippen LogP contribution is 2.29. The second kappa shape index (κ2) is 4.88. The number of benzene rings is 1. The molecule has 2 nitrogen and oxygen atoms in total. The number of thiophene rings is 1. The molecule has 1 aromatic carbocycles. The van der Waals surface area contributed by atoms with Gasteiger partial charge in [-0.2, -0.15) is 0 Å². The highest BCUT2D eigenvalue weighted by atomic mass is 32.1. The van der Waals surface area contributed by atoms with E-state index in [1.165, 1.54) is 15.6 Å². The van der Waals surface area contributed by atoms with Crippen molar-refractivity contribution < 1.29 is 5.11 Å². The molecule has 90 valence electrons. The number of rotatable bonds is 3. The normalized spacial score (nSPS) is 12.7. The molecule has 0 saturated carbocycles. The molecule has 1 atom stereocenters. The molecule has 0 fully saturated rings. The predicted octanol–water partition coefficient (Wildman–Crippen LogP) is 3.57. The molecule has 1 unspecified atom stereocenters. The van der Waals surface area contributed by atoms with Crippen LogP contribution in [0.2, 0.25) is 0 Å². The van der Waals surface area contributed by atoms with E-state index < -0.39 is 6.10 Å². The highest BCUT2D eigenvalue weighted by molar-refractivity contribution is 7.17. The van der Waals surface area contributed by atoms with Crippen LogP contribution in [0.15, 0.2) is 54.2 Å². The quantitative estimate of drug-likeness (QED) is 0.776. The minimum absolute atomic E-state index is 0.467. The summed E-state index contributed by atoms with van der Waals surface area (Å²) in [5, 5.41) is 13.6. The van der Waals surface area contributed by atoms with E-state index in [0.717, 1.165) is 5.56 Å². The van der Waals surface area contributed by atoms with E-state index in [1.54, 1.807) is 23.7 Å². The third kappa shape index (κ3) is 2.15. The number of nitrogens with zero attached hydrogens (tertiary/aromatic N) is 1. The molecular formula is C15H13NOS. The first kappa shape index (κ1) is 11.4. The Morgan fingerprint density at radius 1 is 1.11 bits per heavy atom. The van der Waals surface area contributed by atoms with Gasteiger partial charge in [-0.05, 0) is 40.1 Å². The summed E-state index contributed by atoms with van der Waals surface area (Å²) in [6, 6.07) is 12.0. The van der Waals surface area contributed by atoms with Gasteiger partial charge in [-0.15, -0.1) is 11.3 Å². The summed E-state index contributed by atoms with van der Waals surface area (Å²) in [7, 11) is 0. The lowest BCUT2D eigenvalue weighted by Crippen LogP contribution is -2.01. The maximum absolute atomic E-state index is 10.2. The standard InChI is InChI=1S/C15H13NOS/c17-14(11-5-7-16-8-6-11)9-12-10-18-15-4-2-1-3-13(12)15/h1-8,10,14,17H,9H2. The van der Waals surface area contributed by atoms with Crippen LogP contribution < -0.4 is 0 Å². The molecular weight excluding hydrogens is 242 g/mol. The lowest BCUT2D eigenvalue weighted by molar-refractivity contribution is 0.179. The Labute approximate surface area is 110 Å². The van der Waals surface area contributed by atoms with Crippen molar-refractivity contribution in [2.24, 2.45) is 0 Å². The zero-order valence-electron chi connectivity index (χ0n) is 9.78. The van der Waals surface area contributed by atoms with Gasteiger partial charge in [0.05, 0.1) is 6.10 Å². The molecule has 0 spiro atoms. The number of aliphatic hydroxyl groups excluding tert-OH is 1. The van der Waals surface area contributed by atoms with Gasteiger partial charge in [-0.25, -0.2) is 0 Å². The molecule has 3 aromatic rings. The van der Waals surface area contributed by atoms with E-state index >= 15 is 0 Å². The maximum atomic E-state index is 10.2. The summed E-state index contributed by atoms with van der Waals surface area (Å²) >= 11 is 1.73. The Hall–Kier alpha value is -1.71. The van der Waals surface area contributed by atoms with E-state index in [9.17, 15) is 5.11 Å². The van der Waals surface area contributed by atoms with Crippen LogP contribution in [0.4, 0.5) is 0 Å². The van der Waals surface area contributed by atoms with E-state index in [-0.39, 0.29) is 0 Å². The first-order chi connectivity index (χ1) is 8.84. The first-order valence-electron chi connectivity index (χ1n) is 5.87. The van der Waals surface area contributed by atoms with Gasteiger partial charge in [0.2, 0.25) is 0 Å². The summed E-state index contributed by atoms with van der Waals surface area (Å²) in [6.07, 6.45) is 3.61. The van der Waals surface area contributed by atoms with Crippen molar-refractivity contribution in [2.75, 3.05) is 0 Å². The van der Waals surface area contributed by atoms with Crippen LogP contribution in [-0.2, 0) is 6.42 Å². The van der Waals surface area contributed by atoms with Crippen molar-refractivity contribution in [1.29, 1.82) is 0 Å². The van der Waals surface area contributed by atoms with Crippen molar-refractivity contribution >= 4 is 21.4 Å². The minimum atomic E-state index is -0.467. The second-order valence-corrected chi connectivity index (χ2v) is 5.17. The topological polar surface area (TPSA) is 33.1 Å². The van der Waals surface area contributed by atoms with Gasteiger partial charge < -0.3 is 5.11 Å². The van der Waals surface area contributed by atoms with E-state index in [0.29, 0.717) is 6.42 Å². The van der Waals surface area contributed by atoms with E-state index in [1.807, 2.05) is 24.3 Å². The van der Waals surface area contributed by atoms with Gasteiger partial charge in [-0.1, -0.05) is 18.2 Å². The van der Waals surface area contributed by atoms with Crippen LogP contribution >= 0.6 is 11.3 Å². The fourth-order valence-corrected chi connectivity index (χ4v) is 3.08. The van der Waals surface area contributed by atoms with Crippen LogP contribution in [0.1, 0.15) is 17.2 Å². The third-order valence-electron chi connectivity index (χ3n) is 3.07. The molecule has 0 aliphatic carbocycles. The summed E-state index contributed by atoms with van der Waals surface area (Å²) in [5.41, 5.74) is 2.13. The Bertz CT molecular complexity index is 648. The molecule has 0 amide bonds. The second-order valence-electron chi connectivity index (χ2n) is 4.26. The fourth-order valence-electron chi connectivity index (χ4n) is 2.10. The van der Waals surface area contributed by atoms with Gasteiger partial charge in [0.15, 0.2) is 0 Å². The van der Waals surface area contributed by atoms with Crippen molar-refractivity contribution in [3.05, 3.63) is 65.3 Å². The first-order valence-corrected chi connectivity index (χ1v) is 6.75. The van der Waals surface area contributed by atoms with Gasteiger partial charge in [-0.3, -0.25) is 4.98 Å². The SMILES string of the molecule is OC(Cc1csc2ccccc12)c1ccncc1. The van der Waals surface area contributed by atoms with Crippen LogP contribution in [0.3, 0.4) is 0 Å². The molecule has 0 saturated heterocycles. The number of hydrogen-bond acceptors (Lipinski definition) is 3. The Morgan fingerprint density at radius 2 is 1.89 bits per heavy atom. The van der Waals surface area contributed by atoms with Gasteiger partial charge in [0, 0.05) is 23.5 Å². The third-order valence-corrected chi connectivity index (χ3v) is 4.08. The number of fused-ring (bicyclic) bond motifs is 1. The number of hydrogen-bond donors (Lipinski definition) is 1. The van der Waals surface area contributed by atoms with Gasteiger partial charge in [0.1, 0.15) is 0 Å². The van der Waals surface area contributed by atoms with Crippen molar-refractivity contribution in [2.45, 2.75) is 12.5 Å². The average Bonchev–Trinajstić information content (AvgIpc) is 2.83. The molecule has 0 aliphatic rings. The van der Waals surface area contributed by atoms with Crippen molar-refractivity contribution in [3.8, 4) is 0 Å². The minimum Gasteiger partial charge on any atom is -0.388 e. The maximum Gasteiger partial charge on any atom is 0.0831 e. The molecule has 1 N–H and O–H groups in total. The lowest BCUT2D eigenvalue weighted by Gasteiger charge is -2.09. The van der Waals surface area contributed by atoms with Gasteiger partial charge >= 0.3 is 0 Å². The molecule has 2 heterocycles. The van der Waals surface area contributed by atoms with E-state index in [2.05, 4.69) is 22.5 Å². The van der Waals surface area contributed by atoms with Crippen molar-refractivity contribution in [3.63, 3.8) is 0 Å². The van der Waals surface area contributed by atoms with Crippen LogP contribution in [0, 0.1) is 0 Å². The van der Waals surface area contributed by atoms with Crippen LogP contribution in [-0.4, -0.2) is 10.1 Å². The van der Waals surface area contributed by atoms with E-state index in [4.69, 9.17) is 0 Å². The van der Waals surface area contributed by atoms with Crippen LogP contribution in [0.25, 0.3) is 10.1 Å². The summed E-state index contributed by atoms with van der Waals surface area (Å²) in [4.78, 5) is 3.97.